The van der Waals surface area contributed by atoms with E-state index in [2.05, 4.69) is 24.1 Å². The van der Waals surface area contributed by atoms with Crippen molar-refractivity contribution < 1.29 is 0 Å². The Morgan fingerprint density at radius 2 is 2.24 bits per heavy atom. The second-order valence-electron chi connectivity index (χ2n) is 4.57. The highest BCUT2D eigenvalue weighted by atomic mass is 35.5. The van der Waals surface area contributed by atoms with Crippen LogP contribution in [0, 0.1) is 12.8 Å². The average molecular weight is 248 g/mol. The molecule has 0 saturated carbocycles. The molecule has 0 amide bonds. The van der Waals surface area contributed by atoms with Crippen molar-refractivity contribution in [1.82, 2.24) is 0 Å². The molecule has 2 rings (SSSR count). The second kappa shape index (κ2) is 5.50. The standard InChI is InChI=1S/C15H18ClN/c1-3-12-7-9-13(10-8-12)17-15-11(2)5-4-6-14(15)16/h4-7,9,12H,3,8,10H2,1-2H3. The molecule has 1 unspecified atom stereocenters. The predicted octanol–water partition coefficient (Wildman–Crippen LogP) is 5.10. The number of aliphatic imine (C=N–C) groups is 1. The Labute approximate surface area is 108 Å². The first-order chi connectivity index (χ1) is 8.20. The van der Waals surface area contributed by atoms with E-state index in [1.807, 2.05) is 25.1 Å². The van der Waals surface area contributed by atoms with Crippen LogP contribution in [-0.2, 0) is 0 Å². The Hall–Kier alpha value is -1.08. The van der Waals surface area contributed by atoms with E-state index in [0.717, 1.165) is 34.3 Å². The van der Waals surface area contributed by atoms with Crippen LogP contribution in [0.4, 0.5) is 5.69 Å². The Morgan fingerprint density at radius 1 is 1.41 bits per heavy atom. The summed E-state index contributed by atoms with van der Waals surface area (Å²) in [5, 5.41) is 0.739. The van der Waals surface area contributed by atoms with E-state index in [4.69, 9.17) is 11.6 Å². The summed E-state index contributed by atoms with van der Waals surface area (Å²) in [5.74, 6) is 0.723. The number of rotatable bonds is 2. The van der Waals surface area contributed by atoms with Crippen LogP contribution in [-0.4, -0.2) is 5.71 Å². The maximum Gasteiger partial charge on any atom is 0.0848 e. The first kappa shape index (κ1) is 12.4. The molecule has 1 aliphatic rings. The fraction of sp³-hybridized carbons (Fsp3) is 0.400. The van der Waals surface area contributed by atoms with E-state index < -0.39 is 0 Å². The SMILES string of the molecule is CCC1C=CC(=Nc2c(C)cccc2Cl)CC1. The van der Waals surface area contributed by atoms with E-state index in [-0.39, 0.29) is 0 Å². The van der Waals surface area contributed by atoms with Gasteiger partial charge in [0.25, 0.3) is 0 Å². The van der Waals surface area contributed by atoms with Gasteiger partial charge in [0.15, 0.2) is 0 Å². The summed E-state index contributed by atoms with van der Waals surface area (Å²) in [6, 6.07) is 5.91. The summed E-state index contributed by atoms with van der Waals surface area (Å²) in [4.78, 5) is 4.68. The predicted molar refractivity (Wildman–Crippen MR) is 75.4 cm³/mol. The number of hydrogen-bond donors (Lipinski definition) is 0. The lowest BCUT2D eigenvalue weighted by Crippen LogP contribution is -2.06. The summed E-state index contributed by atoms with van der Waals surface area (Å²) in [5.41, 5.74) is 3.20. The molecule has 0 radical (unpaired) electrons. The van der Waals surface area contributed by atoms with Crippen LogP contribution in [0.15, 0.2) is 35.3 Å². The number of allylic oxidation sites excluding steroid dienone is 2. The molecule has 1 atom stereocenters. The lowest BCUT2D eigenvalue weighted by atomic mass is 9.92. The maximum atomic E-state index is 6.17. The van der Waals surface area contributed by atoms with Crippen molar-refractivity contribution in [3.63, 3.8) is 0 Å². The van der Waals surface area contributed by atoms with Gasteiger partial charge in [-0.3, -0.25) is 4.99 Å². The van der Waals surface area contributed by atoms with Gasteiger partial charge in [0.1, 0.15) is 0 Å². The van der Waals surface area contributed by atoms with E-state index in [9.17, 15) is 0 Å². The van der Waals surface area contributed by atoms with E-state index in [1.165, 1.54) is 12.8 Å². The van der Waals surface area contributed by atoms with Crippen LogP contribution in [0.1, 0.15) is 31.7 Å². The van der Waals surface area contributed by atoms with Crippen LogP contribution in [0.5, 0.6) is 0 Å². The zero-order chi connectivity index (χ0) is 12.3. The molecule has 90 valence electrons. The fourth-order valence-corrected chi connectivity index (χ4v) is 2.37. The van der Waals surface area contributed by atoms with E-state index in [1.54, 1.807) is 0 Å². The van der Waals surface area contributed by atoms with Gasteiger partial charge < -0.3 is 0 Å². The van der Waals surface area contributed by atoms with Gasteiger partial charge in [-0.25, -0.2) is 0 Å². The first-order valence-electron chi connectivity index (χ1n) is 6.21. The summed E-state index contributed by atoms with van der Waals surface area (Å²) >= 11 is 6.17. The topological polar surface area (TPSA) is 12.4 Å². The van der Waals surface area contributed by atoms with Crippen molar-refractivity contribution in [2.75, 3.05) is 0 Å². The van der Waals surface area contributed by atoms with Crippen LogP contribution in [0.3, 0.4) is 0 Å². The second-order valence-corrected chi connectivity index (χ2v) is 4.98. The quantitative estimate of drug-likeness (QED) is 0.690. The van der Waals surface area contributed by atoms with Crippen molar-refractivity contribution in [2.24, 2.45) is 10.9 Å². The normalized spacial score (nSPS) is 22.1. The van der Waals surface area contributed by atoms with Gasteiger partial charge in [-0.05, 0) is 49.8 Å². The zero-order valence-electron chi connectivity index (χ0n) is 10.4. The lowest BCUT2D eigenvalue weighted by molar-refractivity contribution is 0.580. The Kier molecular flexibility index (Phi) is 4.01. The molecule has 0 heterocycles. The molecule has 0 saturated heterocycles. The summed E-state index contributed by atoms with van der Waals surface area (Å²) in [6.07, 6.45) is 7.90. The molecule has 0 bridgehead atoms. The lowest BCUT2D eigenvalue weighted by Gasteiger charge is -2.15. The summed E-state index contributed by atoms with van der Waals surface area (Å²) < 4.78 is 0. The van der Waals surface area contributed by atoms with Gasteiger partial charge in [0.2, 0.25) is 0 Å². The molecule has 1 aromatic rings. The molecule has 17 heavy (non-hydrogen) atoms. The highest BCUT2D eigenvalue weighted by Crippen LogP contribution is 2.30. The third-order valence-corrected chi connectivity index (χ3v) is 3.61. The molecule has 1 nitrogen and oxygen atoms in total. The number of nitrogens with zero attached hydrogens (tertiary/aromatic N) is 1. The molecule has 1 aliphatic carbocycles. The number of para-hydroxylation sites is 1. The Morgan fingerprint density at radius 3 is 2.82 bits per heavy atom. The van der Waals surface area contributed by atoms with Gasteiger partial charge >= 0.3 is 0 Å². The monoisotopic (exact) mass is 247 g/mol. The van der Waals surface area contributed by atoms with Crippen LogP contribution in [0.2, 0.25) is 5.02 Å². The van der Waals surface area contributed by atoms with Crippen LogP contribution in [0.25, 0.3) is 0 Å². The molecule has 0 spiro atoms. The van der Waals surface area contributed by atoms with Crippen molar-refractivity contribution in [1.29, 1.82) is 0 Å². The average Bonchev–Trinajstić information content (AvgIpc) is 2.35. The molecule has 0 aromatic heterocycles. The van der Waals surface area contributed by atoms with E-state index >= 15 is 0 Å². The minimum atomic E-state index is 0.723. The highest BCUT2D eigenvalue weighted by Gasteiger charge is 2.11. The number of benzene rings is 1. The van der Waals surface area contributed by atoms with Crippen molar-refractivity contribution in [3.8, 4) is 0 Å². The minimum absolute atomic E-state index is 0.723. The molecule has 0 N–H and O–H groups in total. The highest BCUT2D eigenvalue weighted by molar-refractivity contribution is 6.33. The Bertz CT molecular complexity index is 440. The van der Waals surface area contributed by atoms with Crippen LogP contribution >= 0.6 is 11.6 Å². The Balaban J connectivity index is 2.26. The van der Waals surface area contributed by atoms with E-state index in [0.29, 0.717) is 0 Å². The third kappa shape index (κ3) is 2.98. The van der Waals surface area contributed by atoms with Crippen molar-refractivity contribution in [3.05, 3.63) is 40.9 Å². The minimum Gasteiger partial charge on any atom is -0.252 e. The van der Waals surface area contributed by atoms with Gasteiger partial charge in [0.05, 0.1) is 10.7 Å². The van der Waals surface area contributed by atoms with Crippen molar-refractivity contribution >= 4 is 23.0 Å². The molecule has 0 aliphatic heterocycles. The van der Waals surface area contributed by atoms with Gasteiger partial charge in [0, 0.05) is 5.71 Å². The van der Waals surface area contributed by atoms with Crippen molar-refractivity contribution in [2.45, 2.75) is 33.1 Å². The van der Waals surface area contributed by atoms with Gasteiger partial charge in [-0.2, -0.15) is 0 Å². The molecule has 1 aromatic carbocycles. The molecular weight excluding hydrogens is 230 g/mol. The summed E-state index contributed by atoms with van der Waals surface area (Å²) in [6.45, 7) is 4.28. The number of hydrogen-bond acceptors (Lipinski definition) is 1. The fourth-order valence-electron chi connectivity index (χ4n) is 2.10. The molecule has 0 fully saturated rings. The van der Waals surface area contributed by atoms with Gasteiger partial charge in [-0.1, -0.05) is 36.7 Å². The molecule has 2 heteroatoms. The number of halogens is 1. The largest absolute Gasteiger partial charge is 0.252 e. The first-order valence-corrected chi connectivity index (χ1v) is 6.59. The van der Waals surface area contributed by atoms with Gasteiger partial charge in [-0.15, -0.1) is 0 Å². The summed E-state index contributed by atoms with van der Waals surface area (Å²) in [7, 11) is 0. The van der Waals surface area contributed by atoms with Crippen LogP contribution < -0.4 is 0 Å². The smallest absolute Gasteiger partial charge is 0.0848 e. The third-order valence-electron chi connectivity index (χ3n) is 3.30. The number of aryl methyl sites for hydroxylation is 1. The molecular formula is C15H18ClN. The zero-order valence-corrected chi connectivity index (χ0v) is 11.2. The maximum absolute atomic E-state index is 6.17.